The lowest BCUT2D eigenvalue weighted by atomic mass is 9.95. The lowest BCUT2D eigenvalue weighted by Crippen LogP contribution is -2.33. The fourth-order valence-corrected chi connectivity index (χ4v) is 4.34. The van der Waals surface area contributed by atoms with E-state index in [2.05, 4.69) is 20.8 Å². The predicted octanol–water partition coefficient (Wildman–Crippen LogP) is 4.45. The number of ketones is 1. The molecular weight excluding hydrogens is 479 g/mol. The Labute approximate surface area is 195 Å². The molecule has 1 amide bonds. The number of Topliss-reactive ketones (excluding diaryl/α,β-unsaturated/α-hetero) is 1. The molecule has 0 bridgehead atoms. The van der Waals surface area contributed by atoms with Crippen molar-refractivity contribution in [2.45, 2.75) is 26.3 Å². The Bertz CT molecular complexity index is 1050. The van der Waals surface area contributed by atoms with E-state index in [9.17, 15) is 24.2 Å². The van der Waals surface area contributed by atoms with Gasteiger partial charge in [-0.3, -0.25) is 9.59 Å². The standard InChI is InChI=1S/C24H26BrFN2O4/c1-3-27(4-2)11-6-12-28-21(15-7-5-8-17(26)13-15)20(23(31)24(28)32)22(30)18-14-16(25)9-10-19(18)29/h5,7-10,13-14,21,29-30H,3-4,6,11-12H2,1-2H3/b22-20+. The largest absolute Gasteiger partial charge is 0.507 e. The number of aromatic hydroxyl groups is 1. The van der Waals surface area contributed by atoms with Crippen molar-refractivity contribution in [1.29, 1.82) is 0 Å². The van der Waals surface area contributed by atoms with E-state index in [1.165, 1.54) is 35.2 Å². The van der Waals surface area contributed by atoms with Crippen molar-refractivity contribution in [3.8, 4) is 5.75 Å². The van der Waals surface area contributed by atoms with Crippen molar-refractivity contribution < 1.29 is 24.2 Å². The first-order valence-corrected chi connectivity index (χ1v) is 11.3. The van der Waals surface area contributed by atoms with Crippen LogP contribution in [0.4, 0.5) is 4.39 Å². The molecule has 1 aliphatic heterocycles. The molecule has 0 saturated carbocycles. The molecule has 1 unspecified atom stereocenters. The second-order valence-electron chi connectivity index (χ2n) is 7.59. The van der Waals surface area contributed by atoms with Gasteiger partial charge in [0, 0.05) is 11.0 Å². The normalized spacial score (nSPS) is 18.0. The summed E-state index contributed by atoms with van der Waals surface area (Å²) >= 11 is 3.28. The van der Waals surface area contributed by atoms with Crippen LogP contribution in [0.25, 0.3) is 5.76 Å². The highest BCUT2D eigenvalue weighted by Crippen LogP contribution is 2.41. The molecular formula is C24H26BrFN2O4. The van der Waals surface area contributed by atoms with Gasteiger partial charge in [-0.1, -0.05) is 41.9 Å². The summed E-state index contributed by atoms with van der Waals surface area (Å²) in [4.78, 5) is 29.5. The summed E-state index contributed by atoms with van der Waals surface area (Å²) in [7, 11) is 0. The third-order valence-corrected chi connectivity index (χ3v) is 6.18. The van der Waals surface area contributed by atoms with Crippen molar-refractivity contribution in [2.75, 3.05) is 26.2 Å². The molecule has 1 heterocycles. The second kappa shape index (κ2) is 10.3. The lowest BCUT2D eigenvalue weighted by Gasteiger charge is -2.27. The summed E-state index contributed by atoms with van der Waals surface area (Å²) in [5, 5.41) is 21.3. The maximum Gasteiger partial charge on any atom is 0.295 e. The van der Waals surface area contributed by atoms with E-state index in [0.29, 0.717) is 16.5 Å². The van der Waals surface area contributed by atoms with E-state index >= 15 is 0 Å². The molecule has 1 atom stereocenters. The summed E-state index contributed by atoms with van der Waals surface area (Å²) in [6.45, 7) is 6.83. The summed E-state index contributed by atoms with van der Waals surface area (Å²) < 4.78 is 14.6. The van der Waals surface area contributed by atoms with E-state index in [0.717, 1.165) is 19.6 Å². The van der Waals surface area contributed by atoms with Crippen LogP contribution in [0.3, 0.4) is 0 Å². The van der Waals surface area contributed by atoms with Crippen LogP contribution < -0.4 is 0 Å². The maximum atomic E-state index is 14.0. The van der Waals surface area contributed by atoms with Crippen molar-refractivity contribution in [1.82, 2.24) is 9.80 Å². The topological polar surface area (TPSA) is 81.1 Å². The first-order chi connectivity index (χ1) is 15.3. The molecule has 2 aromatic carbocycles. The number of hydrogen-bond acceptors (Lipinski definition) is 5. The molecule has 1 saturated heterocycles. The van der Waals surface area contributed by atoms with Gasteiger partial charge >= 0.3 is 0 Å². The van der Waals surface area contributed by atoms with Gasteiger partial charge in [-0.05, 0) is 62.0 Å². The highest BCUT2D eigenvalue weighted by molar-refractivity contribution is 9.10. The molecule has 170 valence electrons. The van der Waals surface area contributed by atoms with Gasteiger partial charge in [0.2, 0.25) is 0 Å². The number of carbonyl (C=O) groups excluding carboxylic acids is 2. The Hall–Kier alpha value is -2.71. The van der Waals surface area contributed by atoms with Crippen molar-refractivity contribution in [3.05, 3.63) is 69.5 Å². The average Bonchev–Trinajstić information content (AvgIpc) is 3.03. The number of amides is 1. The number of phenols is 1. The Morgan fingerprint density at radius 1 is 1.16 bits per heavy atom. The minimum Gasteiger partial charge on any atom is -0.507 e. The number of rotatable bonds is 8. The number of hydrogen-bond donors (Lipinski definition) is 2. The van der Waals surface area contributed by atoms with Crippen LogP contribution in [0, 0.1) is 5.82 Å². The molecule has 8 heteroatoms. The van der Waals surface area contributed by atoms with Gasteiger partial charge in [-0.2, -0.15) is 0 Å². The van der Waals surface area contributed by atoms with Gasteiger partial charge in [0.05, 0.1) is 17.2 Å². The monoisotopic (exact) mass is 504 g/mol. The van der Waals surface area contributed by atoms with Gasteiger partial charge in [-0.25, -0.2) is 4.39 Å². The van der Waals surface area contributed by atoms with Crippen LogP contribution in [-0.4, -0.2) is 57.9 Å². The summed E-state index contributed by atoms with van der Waals surface area (Å²) in [5.74, 6) is -2.87. The molecule has 2 aromatic rings. The maximum absolute atomic E-state index is 14.0. The zero-order chi connectivity index (χ0) is 23.4. The number of carbonyl (C=O) groups is 2. The van der Waals surface area contributed by atoms with Crippen LogP contribution in [0.5, 0.6) is 5.75 Å². The Kier molecular flexibility index (Phi) is 7.69. The minimum atomic E-state index is -0.958. The summed E-state index contributed by atoms with van der Waals surface area (Å²) in [6, 6.07) is 9.10. The molecule has 2 N–H and O–H groups in total. The van der Waals surface area contributed by atoms with Crippen LogP contribution in [0.1, 0.15) is 37.4 Å². The quantitative estimate of drug-likeness (QED) is 0.315. The number of benzene rings is 2. The number of aliphatic hydroxyl groups is 1. The lowest BCUT2D eigenvalue weighted by molar-refractivity contribution is -0.140. The van der Waals surface area contributed by atoms with E-state index in [-0.39, 0.29) is 23.4 Å². The molecule has 0 spiro atoms. The van der Waals surface area contributed by atoms with E-state index in [1.807, 2.05) is 13.8 Å². The smallest absolute Gasteiger partial charge is 0.295 e. The Morgan fingerprint density at radius 3 is 2.53 bits per heavy atom. The molecule has 6 nitrogen and oxygen atoms in total. The number of halogens is 2. The number of likely N-dealkylation sites (tertiary alicyclic amines) is 1. The van der Waals surface area contributed by atoms with Gasteiger partial charge < -0.3 is 20.0 Å². The van der Waals surface area contributed by atoms with Crippen molar-refractivity contribution >= 4 is 33.4 Å². The minimum absolute atomic E-state index is 0.0157. The molecule has 1 fully saturated rings. The van der Waals surface area contributed by atoms with Gasteiger partial charge in [-0.15, -0.1) is 0 Å². The van der Waals surface area contributed by atoms with E-state index in [1.54, 1.807) is 12.1 Å². The van der Waals surface area contributed by atoms with Crippen LogP contribution in [-0.2, 0) is 9.59 Å². The number of nitrogens with zero attached hydrogens (tertiary/aromatic N) is 2. The molecule has 0 aliphatic carbocycles. The number of phenolic OH excluding ortho intramolecular Hbond substituents is 1. The van der Waals surface area contributed by atoms with Gasteiger partial charge in [0.25, 0.3) is 11.7 Å². The zero-order valence-corrected chi connectivity index (χ0v) is 19.6. The van der Waals surface area contributed by atoms with Crippen molar-refractivity contribution in [2.24, 2.45) is 0 Å². The third-order valence-electron chi connectivity index (χ3n) is 5.69. The van der Waals surface area contributed by atoms with Crippen LogP contribution >= 0.6 is 15.9 Å². The molecule has 32 heavy (non-hydrogen) atoms. The second-order valence-corrected chi connectivity index (χ2v) is 8.51. The zero-order valence-electron chi connectivity index (χ0n) is 18.0. The first-order valence-electron chi connectivity index (χ1n) is 10.5. The fraction of sp³-hybridized carbons (Fsp3) is 0.333. The van der Waals surface area contributed by atoms with E-state index < -0.39 is 29.3 Å². The predicted molar refractivity (Wildman–Crippen MR) is 124 cm³/mol. The Balaban J connectivity index is 2.08. The molecule has 1 aliphatic rings. The SMILES string of the molecule is CCN(CC)CCCN1C(=O)C(=O)/C(=C(/O)c2cc(Br)ccc2O)C1c1cccc(F)c1. The highest BCUT2D eigenvalue weighted by Gasteiger charge is 2.46. The highest BCUT2D eigenvalue weighted by atomic mass is 79.9. The fourth-order valence-electron chi connectivity index (χ4n) is 3.98. The van der Waals surface area contributed by atoms with Gasteiger partial charge in [0.1, 0.15) is 17.3 Å². The Morgan fingerprint density at radius 2 is 1.88 bits per heavy atom. The third kappa shape index (κ3) is 4.86. The number of aliphatic hydroxyl groups excluding tert-OH is 1. The van der Waals surface area contributed by atoms with Crippen LogP contribution in [0.15, 0.2) is 52.5 Å². The molecule has 0 aromatic heterocycles. The first kappa shape index (κ1) is 23.9. The van der Waals surface area contributed by atoms with Gasteiger partial charge in [0.15, 0.2) is 0 Å². The van der Waals surface area contributed by atoms with E-state index in [4.69, 9.17) is 0 Å². The molecule has 0 radical (unpaired) electrons. The summed E-state index contributed by atoms with van der Waals surface area (Å²) in [5.41, 5.74) is 0.224. The molecule has 3 rings (SSSR count). The summed E-state index contributed by atoms with van der Waals surface area (Å²) in [6.07, 6.45) is 0.614. The average molecular weight is 505 g/mol. The van der Waals surface area contributed by atoms with Crippen molar-refractivity contribution in [3.63, 3.8) is 0 Å². The van der Waals surface area contributed by atoms with Crippen LogP contribution in [0.2, 0.25) is 0 Å².